The van der Waals surface area contributed by atoms with E-state index in [-0.39, 0.29) is 6.61 Å². The topological polar surface area (TPSA) is 77.4 Å². The standard InChI is InChI=1S/C22H24N6O/c1-14-5-7-17(13-29)9-20(14)28-12-18-10-24-22(26-21(18)27(4)16(28)3)25-19-8-6-15(2)23-11-19/h5-11,29H,3,12-13H2,1-2,4H3,(H,24,25,26). The normalized spacial score (nSPS) is 13.4. The molecule has 0 spiro atoms. The molecule has 2 N–H and O–H groups in total. The van der Waals surface area contributed by atoms with Crippen LogP contribution in [0.25, 0.3) is 0 Å². The van der Waals surface area contributed by atoms with Crippen molar-refractivity contribution in [2.75, 3.05) is 22.2 Å². The molecule has 7 heteroatoms. The molecule has 1 aliphatic heterocycles. The van der Waals surface area contributed by atoms with Crippen LogP contribution in [0.2, 0.25) is 0 Å². The summed E-state index contributed by atoms with van der Waals surface area (Å²) < 4.78 is 0. The second-order valence-corrected chi connectivity index (χ2v) is 7.20. The molecule has 0 aliphatic carbocycles. The molecule has 29 heavy (non-hydrogen) atoms. The van der Waals surface area contributed by atoms with Crippen molar-refractivity contribution in [2.24, 2.45) is 0 Å². The van der Waals surface area contributed by atoms with Crippen molar-refractivity contribution in [3.8, 4) is 0 Å². The van der Waals surface area contributed by atoms with E-state index < -0.39 is 0 Å². The van der Waals surface area contributed by atoms with Gasteiger partial charge in [0.25, 0.3) is 0 Å². The van der Waals surface area contributed by atoms with E-state index in [1.807, 2.05) is 55.4 Å². The van der Waals surface area contributed by atoms with E-state index in [9.17, 15) is 5.11 Å². The lowest BCUT2D eigenvalue weighted by molar-refractivity contribution is 0.282. The Balaban J connectivity index is 1.64. The van der Waals surface area contributed by atoms with E-state index in [0.29, 0.717) is 12.5 Å². The fourth-order valence-electron chi connectivity index (χ4n) is 3.36. The first-order chi connectivity index (χ1) is 14.0. The molecular formula is C22H24N6O. The molecule has 0 atom stereocenters. The second kappa shape index (κ2) is 7.52. The maximum atomic E-state index is 9.51. The van der Waals surface area contributed by atoms with Crippen molar-refractivity contribution in [3.05, 3.63) is 77.5 Å². The quantitative estimate of drug-likeness (QED) is 0.706. The molecule has 2 aromatic heterocycles. The van der Waals surface area contributed by atoms with Gasteiger partial charge in [0.05, 0.1) is 25.0 Å². The first-order valence-corrected chi connectivity index (χ1v) is 9.42. The van der Waals surface area contributed by atoms with Crippen LogP contribution in [0, 0.1) is 13.8 Å². The van der Waals surface area contributed by atoms with Crippen LogP contribution in [-0.4, -0.2) is 27.1 Å². The lowest BCUT2D eigenvalue weighted by atomic mass is 10.1. The lowest BCUT2D eigenvalue weighted by Crippen LogP contribution is -2.38. The van der Waals surface area contributed by atoms with Gasteiger partial charge in [-0.15, -0.1) is 0 Å². The first kappa shape index (κ1) is 18.9. The minimum Gasteiger partial charge on any atom is -0.392 e. The largest absolute Gasteiger partial charge is 0.392 e. The summed E-state index contributed by atoms with van der Waals surface area (Å²) in [7, 11) is 1.95. The van der Waals surface area contributed by atoms with Gasteiger partial charge in [-0.2, -0.15) is 4.98 Å². The average Bonchev–Trinajstić information content (AvgIpc) is 2.73. The van der Waals surface area contributed by atoms with Gasteiger partial charge in [0, 0.05) is 30.2 Å². The van der Waals surface area contributed by atoms with Gasteiger partial charge in [-0.25, -0.2) is 4.98 Å². The number of fused-ring (bicyclic) bond motifs is 1. The molecule has 1 aliphatic rings. The van der Waals surface area contributed by atoms with E-state index in [1.54, 1.807) is 6.20 Å². The monoisotopic (exact) mass is 388 g/mol. The molecule has 1 aromatic carbocycles. The number of hydrogen-bond donors (Lipinski definition) is 2. The Labute approximate surface area is 170 Å². The van der Waals surface area contributed by atoms with Crippen LogP contribution in [0.3, 0.4) is 0 Å². The zero-order valence-electron chi connectivity index (χ0n) is 16.8. The van der Waals surface area contributed by atoms with E-state index in [2.05, 4.69) is 33.7 Å². The second-order valence-electron chi connectivity index (χ2n) is 7.20. The van der Waals surface area contributed by atoms with E-state index in [1.165, 1.54) is 0 Å². The van der Waals surface area contributed by atoms with Gasteiger partial charge in [0.2, 0.25) is 5.95 Å². The van der Waals surface area contributed by atoms with Crippen LogP contribution in [0.15, 0.2) is 55.1 Å². The zero-order chi connectivity index (χ0) is 20.5. The summed E-state index contributed by atoms with van der Waals surface area (Å²) in [5.41, 5.74) is 5.80. The number of anilines is 4. The predicted octanol–water partition coefficient (Wildman–Crippen LogP) is 3.65. The average molecular weight is 388 g/mol. The summed E-state index contributed by atoms with van der Waals surface area (Å²) in [5, 5.41) is 12.7. The third-order valence-corrected chi connectivity index (χ3v) is 5.10. The van der Waals surface area contributed by atoms with Crippen LogP contribution in [0.5, 0.6) is 0 Å². The van der Waals surface area contributed by atoms with Gasteiger partial charge in [-0.1, -0.05) is 18.7 Å². The Hall–Kier alpha value is -3.45. The lowest BCUT2D eigenvalue weighted by Gasteiger charge is -2.39. The molecule has 0 saturated carbocycles. The Kier molecular flexibility index (Phi) is 4.90. The number of aryl methyl sites for hydroxylation is 2. The summed E-state index contributed by atoms with van der Waals surface area (Å²) >= 11 is 0. The molecular weight excluding hydrogens is 364 g/mol. The highest BCUT2D eigenvalue weighted by molar-refractivity contribution is 5.68. The van der Waals surface area contributed by atoms with Crippen LogP contribution < -0.4 is 15.1 Å². The molecule has 0 fully saturated rings. The Bertz CT molecular complexity index is 1060. The molecule has 3 aromatic rings. The number of nitrogens with zero attached hydrogens (tertiary/aromatic N) is 5. The highest BCUT2D eigenvalue weighted by Gasteiger charge is 2.27. The summed E-state index contributed by atoms with van der Waals surface area (Å²) in [6.45, 7) is 8.89. The SMILES string of the molecule is C=C1N(C)c2nc(Nc3ccc(C)nc3)ncc2CN1c1cc(CO)ccc1C. The van der Waals surface area contributed by atoms with Gasteiger partial charge < -0.3 is 20.2 Å². The predicted molar refractivity (Wildman–Crippen MR) is 115 cm³/mol. The van der Waals surface area contributed by atoms with Crippen molar-refractivity contribution in [3.63, 3.8) is 0 Å². The maximum Gasteiger partial charge on any atom is 0.229 e. The summed E-state index contributed by atoms with van der Waals surface area (Å²) in [6.07, 6.45) is 3.60. The highest BCUT2D eigenvalue weighted by atomic mass is 16.3. The van der Waals surface area contributed by atoms with E-state index in [0.717, 1.165) is 45.4 Å². The third-order valence-electron chi connectivity index (χ3n) is 5.10. The molecule has 0 bridgehead atoms. The van der Waals surface area contributed by atoms with Crippen LogP contribution in [0.1, 0.15) is 22.4 Å². The molecule has 148 valence electrons. The van der Waals surface area contributed by atoms with Crippen LogP contribution in [0.4, 0.5) is 23.1 Å². The minimum atomic E-state index is 0.00598. The van der Waals surface area contributed by atoms with Gasteiger partial charge >= 0.3 is 0 Å². The number of rotatable bonds is 4. The number of aromatic nitrogens is 3. The Morgan fingerprint density at radius 3 is 2.69 bits per heavy atom. The first-order valence-electron chi connectivity index (χ1n) is 9.42. The maximum absolute atomic E-state index is 9.51. The highest BCUT2D eigenvalue weighted by Crippen LogP contribution is 2.35. The van der Waals surface area contributed by atoms with Crippen molar-refractivity contribution in [1.29, 1.82) is 0 Å². The Morgan fingerprint density at radius 2 is 1.97 bits per heavy atom. The molecule has 7 nitrogen and oxygen atoms in total. The van der Waals surface area contributed by atoms with Crippen molar-refractivity contribution in [2.45, 2.75) is 27.0 Å². The van der Waals surface area contributed by atoms with E-state index in [4.69, 9.17) is 4.98 Å². The van der Waals surface area contributed by atoms with Gasteiger partial charge in [0.1, 0.15) is 11.6 Å². The number of nitrogens with one attached hydrogen (secondary N) is 1. The number of aliphatic hydroxyl groups is 1. The van der Waals surface area contributed by atoms with Crippen LogP contribution >= 0.6 is 0 Å². The molecule has 0 amide bonds. The summed E-state index contributed by atoms with van der Waals surface area (Å²) in [4.78, 5) is 17.5. The fraction of sp³-hybridized carbons (Fsp3) is 0.227. The van der Waals surface area contributed by atoms with Gasteiger partial charge in [0.15, 0.2) is 0 Å². The van der Waals surface area contributed by atoms with E-state index >= 15 is 0 Å². The zero-order valence-corrected chi connectivity index (χ0v) is 16.8. The van der Waals surface area contributed by atoms with Crippen LogP contribution in [-0.2, 0) is 13.2 Å². The van der Waals surface area contributed by atoms with Crippen molar-refractivity contribution < 1.29 is 5.11 Å². The number of pyridine rings is 1. The van der Waals surface area contributed by atoms with Crippen molar-refractivity contribution in [1.82, 2.24) is 15.0 Å². The molecule has 3 heterocycles. The smallest absolute Gasteiger partial charge is 0.229 e. The number of benzene rings is 1. The number of aliphatic hydroxyl groups excluding tert-OH is 1. The van der Waals surface area contributed by atoms with Crippen molar-refractivity contribution >= 4 is 23.1 Å². The molecule has 0 radical (unpaired) electrons. The molecule has 4 rings (SSSR count). The van der Waals surface area contributed by atoms with Gasteiger partial charge in [-0.3, -0.25) is 4.98 Å². The third kappa shape index (κ3) is 3.64. The summed E-state index contributed by atoms with van der Waals surface area (Å²) in [5.74, 6) is 2.15. The minimum absolute atomic E-state index is 0.00598. The van der Waals surface area contributed by atoms with Gasteiger partial charge in [-0.05, 0) is 43.2 Å². The summed E-state index contributed by atoms with van der Waals surface area (Å²) in [6, 6.07) is 9.84. The molecule has 0 saturated heterocycles. The Morgan fingerprint density at radius 1 is 1.14 bits per heavy atom. The number of hydrogen-bond acceptors (Lipinski definition) is 7. The fourth-order valence-corrected chi connectivity index (χ4v) is 3.36. The molecule has 0 unspecified atom stereocenters.